The van der Waals surface area contributed by atoms with Crippen molar-refractivity contribution in [3.05, 3.63) is 22.4 Å². The first-order chi connectivity index (χ1) is 7.65. The number of ether oxygens (including phenoxy) is 1. The lowest BCUT2D eigenvalue weighted by Gasteiger charge is -2.36. The summed E-state index contributed by atoms with van der Waals surface area (Å²) in [5, 5.41) is 2.08. The van der Waals surface area contributed by atoms with E-state index in [1.54, 1.807) is 11.3 Å². The molecule has 2 heterocycles. The summed E-state index contributed by atoms with van der Waals surface area (Å²) >= 11 is 1.74. The summed E-state index contributed by atoms with van der Waals surface area (Å²) in [5.74, 6) is 0. The van der Waals surface area contributed by atoms with Crippen LogP contribution in [0.2, 0.25) is 0 Å². The maximum absolute atomic E-state index is 6.19. The van der Waals surface area contributed by atoms with Gasteiger partial charge < -0.3 is 10.5 Å². The van der Waals surface area contributed by atoms with Crippen molar-refractivity contribution < 1.29 is 4.74 Å². The van der Waals surface area contributed by atoms with Crippen molar-refractivity contribution in [2.45, 2.75) is 32.1 Å². The maximum Gasteiger partial charge on any atom is 0.0678 e. The zero-order valence-electron chi connectivity index (χ0n) is 9.93. The van der Waals surface area contributed by atoms with Crippen molar-refractivity contribution in [1.82, 2.24) is 4.90 Å². The van der Waals surface area contributed by atoms with E-state index in [4.69, 9.17) is 10.5 Å². The van der Waals surface area contributed by atoms with Crippen LogP contribution in [0, 0.1) is 0 Å². The Morgan fingerprint density at radius 1 is 1.50 bits per heavy atom. The predicted octanol–water partition coefficient (Wildman–Crippen LogP) is 1.86. The lowest BCUT2D eigenvalue weighted by atomic mass is 10.2. The van der Waals surface area contributed by atoms with Gasteiger partial charge in [-0.3, -0.25) is 4.90 Å². The molecule has 1 aromatic heterocycles. The van der Waals surface area contributed by atoms with Gasteiger partial charge in [-0.2, -0.15) is 0 Å². The van der Waals surface area contributed by atoms with Gasteiger partial charge in [-0.15, -0.1) is 11.3 Å². The topological polar surface area (TPSA) is 38.5 Å². The molecular formula is C12H20N2OS. The highest BCUT2D eigenvalue weighted by Crippen LogP contribution is 2.19. The van der Waals surface area contributed by atoms with Crippen molar-refractivity contribution in [2.75, 3.05) is 19.6 Å². The summed E-state index contributed by atoms with van der Waals surface area (Å²) in [7, 11) is 0. The van der Waals surface area contributed by atoms with Crippen molar-refractivity contribution in [3.63, 3.8) is 0 Å². The molecule has 0 bridgehead atoms. The first-order valence-corrected chi connectivity index (χ1v) is 6.70. The first-order valence-electron chi connectivity index (χ1n) is 5.82. The minimum absolute atomic E-state index is 0.137. The minimum atomic E-state index is 0.137. The van der Waals surface area contributed by atoms with Gasteiger partial charge in [0.05, 0.1) is 18.2 Å². The van der Waals surface area contributed by atoms with Crippen LogP contribution in [0.25, 0.3) is 0 Å². The summed E-state index contributed by atoms with van der Waals surface area (Å²) < 4.78 is 5.71. The van der Waals surface area contributed by atoms with E-state index in [0.717, 1.165) is 19.6 Å². The fourth-order valence-corrected chi connectivity index (χ4v) is 3.02. The summed E-state index contributed by atoms with van der Waals surface area (Å²) in [6.07, 6.45) is 0.638. The third kappa shape index (κ3) is 3.04. The molecule has 0 aromatic carbocycles. The van der Waals surface area contributed by atoms with Gasteiger partial charge in [-0.1, -0.05) is 6.07 Å². The molecule has 1 aliphatic heterocycles. The fraction of sp³-hybridized carbons (Fsp3) is 0.667. The van der Waals surface area contributed by atoms with E-state index in [1.165, 1.54) is 4.88 Å². The molecule has 2 rings (SSSR count). The number of nitrogens with zero attached hydrogens (tertiary/aromatic N) is 1. The first kappa shape index (κ1) is 12.0. The van der Waals surface area contributed by atoms with E-state index < -0.39 is 0 Å². The monoisotopic (exact) mass is 240 g/mol. The predicted molar refractivity (Wildman–Crippen MR) is 67.7 cm³/mol. The highest BCUT2D eigenvalue weighted by atomic mass is 32.1. The molecular weight excluding hydrogens is 220 g/mol. The molecule has 0 aliphatic carbocycles. The fourth-order valence-electron chi connectivity index (χ4n) is 2.30. The number of thiophene rings is 1. The highest BCUT2D eigenvalue weighted by molar-refractivity contribution is 7.10. The zero-order valence-corrected chi connectivity index (χ0v) is 10.7. The third-order valence-corrected chi connectivity index (χ3v) is 3.86. The molecule has 90 valence electrons. The smallest absolute Gasteiger partial charge is 0.0678 e. The van der Waals surface area contributed by atoms with Gasteiger partial charge in [-0.25, -0.2) is 0 Å². The summed E-state index contributed by atoms with van der Waals surface area (Å²) in [6.45, 7) is 7.16. The molecule has 3 atom stereocenters. The van der Waals surface area contributed by atoms with Gasteiger partial charge in [0.25, 0.3) is 0 Å². The van der Waals surface area contributed by atoms with Crippen LogP contribution in [0.3, 0.4) is 0 Å². The third-order valence-electron chi connectivity index (χ3n) is 2.86. The molecule has 1 fully saturated rings. The lowest BCUT2D eigenvalue weighted by molar-refractivity contribution is -0.0691. The average Bonchev–Trinajstić information content (AvgIpc) is 2.68. The Morgan fingerprint density at radius 3 is 2.75 bits per heavy atom. The van der Waals surface area contributed by atoms with Gasteiger partial charge in [0.15, 0.2) is 0 Å². The molecule has 3 nitrogen and oxygen atoms in total. The van der Waals surface area contributed by atoms with Crippen molar-refractivity contribution in [3.8, 4) is 0 Å². The molecule has 0 radical (unpaired) electrons. The van der Waals surface area contributed by atoms with Gasteiger partial charge in [0.2, 0.25) is 0 Å². The standard InChI is InChI=1S/C12H20N2OS/c1-9-6-14(7-10(2)15-9)8-11(13)12-4-3-5-16-12/h3-5,9-11H,6-8,13H2,1-2H3. The second kappa shape index (κ2) is 5.27. The van der Waals surface area contributed by atoms with E-state index in [-0.39, 0.29) is 6.04 Å². The molecule has 0 amide bonds. The molecule has 0 saturated carbocycles. The Morgan fingerprint density at radius 2 is 2.19 bits per heavy atom. The summed E-state index contributed by atoms with van der Waals surface area (Å²) in [6, 6.07) is 4.31. The second-order valence-electron chi connectivity index (χ2n) is 4.60. The average molecular weight is 240 g/mol. The Labute approximate surface area is 101 Å². The molecule has 2 N–H and O–H groups in total. The number of nitrogens with two attached hydrogens (primary N) is 1. The zero-order chi connectivity index (χ0) is 11.5. The Bertz CT molecular complexity index is 305. The van der Waals surface area contributed by atoms with E-state index in [0.29, 0.717) is 12.2 Å². The van der Waals surface area contributed by atoms with Crippen molar-refractivity contribution in [1.29, 1.82) is 0 Å². The molecule has 0 spiro atoms. The molecule has 4 heteroatoms. The minimum Gasteiger partial charge on any atom is -0.373 e. The van der Waals surface area contributed by atoms with Gasteiger partial charge in [0.1, 0.15) is 0 Å². The van der Waals surface area contributed by atoms with Crippen LogP contribution >= 0.6 is 11.3 Å². The molecule has 3 unspecified atom stereocenters. The van der Waals surface area contributed by atoms with Crippen LogP contribution in [0.5, 0.6) is 0 Å². The van der Waals surface area contributed by atoms with Gasteiger partial charge in [0, 0.05) is 24.5 Å². The van der Waals surface area contributed by atoms with E-state index in [2.05, 4.69) is 36.3 Å². The number of hydrogen-bond acceptors (Lipinski definition) is 4. The second-order valence-corrected chi connectivity index (χ2v) is 5.58. The SMILES string of the molecule is CC1CN(CC(N)c2cccs2)CC(C)O1. The van der Waals surface area contributed by atoms with Crippen molar-refractivity contribution in [2.24, 2.45) is 5.73 Å². The summed E-state index contributed by atoms with van der Waals surface area (Å²) in [5.41, 5.74) is 6.19. The Balaban J connectivity index is 1.89. The lowest BCUT2D eigenvalue weighted by Crippen LogP contribution is -2.47. The van der Waals surface area contributed by atoms with Crippen LogP contribution in [-0.4, -0.2) is 36.7 Å². The van der Waals surface area contributed by atoms with Crippen LogP contribution in [0.15, 0.2) is 17.5 Å². The Kier molecular flexibility index (Phi) is 3.97. The number of rotatable bonds is 3. The Hall–Kier alpha value is -0.420. The molecule has 1 aromatic rings. The van der Waals surface area contributed by atoms with E-state index in [1.807, 2.05) is 0 Å². The molecule has 16 heavy (non-hydrogen) atoms. The quantitative estimate of drug-likeness (QED) is 0.876. The largest absolute Gasteiger partial charge is 0.373 e. The van der Waals surface area contributed by atoms with Crippen LogP contribution in [0.1, 0.15) is 24.8 Å². The van der Waals surface area contributed by atoms with Crippen LogP contribution in [-0.2, 0) is 4.74 Å². The summed E-state index contributed by atoms with van der Waals surface area (Å²) in [4.78, 5) is 3.68. The number of hydrogen-bond donors (Lipinski definition) is 1. The van der Waals surface area contributed by atoms with Crippen LogP contribution < -0.4 is 5.73 Å². The van der Waals surface area contributed by atoms with Gasteiger partial charge in [-0.05, 0) is 25.3 Å². The molecule has 1 aliphatic rings. The van der Waals surface area contributed by atoms with Crippen molar-refractivity contribution >= 4 is 11.3 Å². The van der Waals surface area contributed by atoms with Gasteiger partial charge >= 0.3 is 0 Å². The van der Waals surface area contributed by atoms with Crippen LogP contribution in [0.4, 0.5) is 0 Å². The normalized spacial score (nSPS) is 29.2. The maximum atomic E-state index is 6.19. The van der Waals surface area contributed by atoms with E-state index >= 15 is 0 Å². The van der Waals surface area contributed by atoms with E-state index in [9.17, 15) is 0 Å². The highest BCUT2D eigenvalue weighted by Gasteiger charge is 2.23. The molecule has 1 saturated heterocycles. The number of morpholine rings is 1.